The zero-order valence-corrected chi connectivity index (χ0v) is 14.9. The molecule has 3 rings (SSSR count). The number of carbonyl (C=O) groups is 1. The van der Waals surface area contributed by atoms with E-state index in [4.69, 9.17) is 4.74 Å². The lowest BCUT2D eigenvalue weighted by atomic mass is 10.0. The molecule has 0 spiro atoms. The van der Waals surface area contributed by atoms with Crippen molar-refractivity contribution in [2.75, 3.05) is 34.2 Å². The van der Waals surface area contributed by atoms with Gasteiger partial charge in [0, 0.05) is 14.1 Å². The second-order valence-corrected chi connectivity index (χ2v) is 7.31. The maximum absolute atomic E-state index is 12.1. The highest BCUT2D eigenvalue weighted by Crippen LogP contribution is 2.32. The van der Waals surface area contributed by atoms with E-state index in [2.05, 4.69) is 31.3 Å². The molecule has 1 heterocycles. The molecule has 128 valence electrons. The van der Waals surface area contributed by atoms with Crippen LogP contribution in [0.5, 0.6) is 5.75 Å². The van der Waals surface area contributed by atoms with E-state index in [-0.39, 0.29) is 6.09 Å². The van der Waals surface area contributed by atoms with Crippen molar-refractivity contribution in [3.8, 4) is 5.75 Å². The molecule has 2 aromatic carbocycles. The quantitative estimate of drug-likeness (QED) is 0.797. The number of hydrogen-bond acceptors (Lipinski definition) is 2. The first kappa shape index (κ1) is 16.8. The smallest absolute Gasteiger partial charge is 0.410 e. The Kier molecular flexibility index (Phi) is 4.76. The highest BCUT2D eigenvalue weighted by Gasteiger charge is 2.28. The van der Waals surface area contributed by atoms with E-state index < -0.39 is 0 Å². The van der Waals surface area contributed by atoms with Gasteiger partial charge in [-0.2, -0.15) is 0 Å². The number of carbonyl (C=O) groups excluding carboxylic acids is 1. The van der Waals surface area contributed by atoms with Crippen LogP contribution < -0.4 is 4.74 Å². The van der Waals surface area contributed by atoms with Gasteiger partial charge in [0.05, 0.1) is 25.7 Å². The van der Waals surface area contributed by atoms with E-state index in [0.29, 0.717) is 5.75 Å². The van der Waals surface area contributed by atoms with Gasteiger partial charge in [0.2, 0.25) is 0 Å². The Bertz CT molecular complexity index is 733. The summed E-state index contributed by atoms with van der Waals surface area (Å²) in [5.74, 6) is 0.692. The van der Waals surface area contributed by atoms with Crippen molar-refractivity contribution in [3.05, 3.63) is 42.0 Å². The summed E-state index contributed by atoms with van der Waals surface area (Å²) < 4.78 is 6.69. The average Bonchev–Trinajstić information content (AvgIpc) is 2.57. The first-order valence-electron chi connectivity index (χ1n) is 8.72. The Hall–Kier alpha value is -2.07. The van der Waals surface area contributed by atoms with Crippen molar-refractivity contribution >= 4 is 16.9 Å². The van der Waals surface area contributed by atoms with E-state index in [0.717, 1.165) is 16.6 Å². The minimum Gasteiger partial charge on any atom is -0.410 e. The van der Waals surface area contributed by atoms with Gasteiger partial charge in [-0.3, -0.25) is 0 Å². The molecule has 0 aromatic heterocycles. The Morgan fingerprint density at radius 2 is 1.79 bits per heavy atom. The van der Waals surface area contributed by atoms with Gasteiger partial charge in [0.15, 0.2) is 0 Å². The molecular formula is C20H27N2O2+. The maximum atomic E-state index is 12.1. The number of fused-ring (bicyclic) bond motifs is 1. The van der Waals surface area contributed by atoms with E-state index in [1.807, 2.05) is 12.1 Å². The highest BCUT2D eigenvalue weighted by atomic mass is 16.6. The molecule has 0 unspecified atom stereocenters. The van der Waals surface area contributed by atoms with Crippen LogP contribution in [0.4, 0.5) is 4.79 Å². The number of quaternary nitrogens is 1. The number of rotatable bonds is 3. The van der Waals surface area contributed by atoms with Crippen LogP contribution >= 0.6 is 0 Å². The molecule has 1 aliphatic rings. The molecule has 0 atom stereocenters. The van der Waals surface area contributed by atoms with Gasteiger partial charge in [-0.25, -0.2) is 4.79 Å². The summed E-state index contributed by atoms with van der Waals surface area (Å²) in [5.41, 5.74) is 1.15. The van der Waals surface area contributed by atoms with Gasteiger partial charge in [-0.15, -0.1) is 0 Å². The van der Waals surface area contributed by atoms with Crippen molar-refractivity contribution in [1.29, 1.82) is 0 Å². The SMILES string of the molecule is CN(C)C(=O)Oc1ccc2ccccc2c1C[N+]1(C)CCCCC1. The lowest BCUT2D eigenvalue weighted by Crippen LogP contribution is -2.47. The molecule has 0 bridgehead atoms. The molecule has 1 amide bonds. The molecule has 4 heteroatoms. The van der Waals surface area contributed by atoms with Gasteiger partial charge < -0.3 is 14.1 Å². The molecule has 0 radical (unpaired) electrons. The molecule has 2 aromatic rings. The largest absolute Gasteiger partial charge is 0.414 e. The van der Waals surface area contributed by atoms with Gasteiger partial charge in [-0.1, -0.05) is 30.3 Å². The van der Waals surface area contributed by atoms with E-state index in [9.17, 15) is 4.79 Å². The van der Waals surface area contributed by atoms with Crippen molar-refractivity contribution in [3.63, 3.8) is 0 Å². The molecule has 0 N–H and O–H groups in total. The summed E-state index contributed by atoms with van der Waals surface area (Å²) >= 11 is 0. The summed E-state index contributed by atoms with van der Waals surface area (Å²) in [4.78, 5) is 13.5. The molecule has 0 saturated carbocycles. The third-order valence-corrected chi connectivity index (χ3v) is 5.00. The number of ether oxygens (including phenoxy) is 1. The summed E-state index contributed by atoms with van der Waals surface area (Å²) in [6, 6.07) is 12.3. The molecular weight excluding hydrogens is 300 g/mol. The van der Waals surface area contributed by atoms with Gasteiger partial charge in [0.1, 0.15) is 12.3 Å². The number of benzene rings is 2. The third kappa shape index (κ3) is 3.54. The predicted octanol–water partition coefficient (Wildman–Crippen LogP) is 4.03. The first-order valence-corrected chi connectivity index (χ1v) is 8.72. The number of nitrogens with zero attached hydrogens (tertiary/aromatic N) is 2. The van der Waals surface area contributed by atoms with Crippen molar-refractivity contribution < 1.29 is 14.0 Å². The lowest BCUT2D eigenvalue weighted by molar-refractivity contribution is -0.926. The second kappa shape index (κ2) is 6.81. The Balaban J connectivity index is 2.02. The van der Waals surface area contributed by atoms with Gasteiger partial charge in [0.25, 0.3) is 0 Å². The Labute approximate surface area is 144 Å². The zero-order chi connectivity index (χ0) is 17.2. The van der Waals surface area contributed by atoms with E-state index in [1.165, 1.54) is 48.0 Å². The van der Waals surface area contributed by atoms with Crippen LogP contribution in [0.15, 0.2) is 36.4 Å². The van der Waals surface area contributed by atoms with Crippen LogP contribution in [0.1, 0.15) is 24.8 Å². The Morgan fingerprint density at radius 3 is 2.50 bits per heavy atom. The fraction of sp³-hybridized carbons (Fsp3) is 0.450. The topological polar surface area (TPSA) is 29.5 Å². The monoisotopic (exact) mass is 327 g/mol. The summed E-state index contributed by atoms with van der Waals surface area (Å²) in [5, 5.41) is 2.38. The lowest BCUT2D eigenvalue weighted by Gasteiger charge is -2.38. The second-order valence-electron chi connectivity index (χ2n) is 7.31. The van der Waals surface area contributed by atoms with Crippen LogP contribution in [-0.2, 0) is 6.54 Å². The van der Waals surface area contributed by atoms with Crippen molar-refractivity contribution in [1.82, 2.24) is 4.90 Å². The van der Waals surface area contributed by atoms with Crippen molar-refractivity contribution in [2.45, 2.75) is 25.8 Å². The molecule has 1 fully saturated rings. The predicted molar refractivity (Wildman–Crippen MR) is 97.1 cm³/mol. The number of likely N-dealkylation sites (tertiary alicyclic amines) is 1. The van der Waals surface area contributed by atoms with Crippen LogP contribution in [0.2, 0.25) is 0 Å². The van der Waals surface area contributed by atoms with Crippen LogP contribution in [0, 0.1) is 0 Å². The number of piperidine rings is 1. The van der Waals surface area contributed by atoms with Crippen LogP contribution in [0.25, 0.3) is 10.8 Å². The normalized spacial score (nSPS) is 16.8. The van der Waals surface area contributed by atoms with E-state index in [1.54, 1.807) is 14.1 Å². The first-order chi connectivity index (χ1) is 11.5. The van der Waals surface area contributed by atoms with Gasteiger partial charge >= 0.3 is 6.09 Å². The summed E-state index contributed by atoms with van der Waals surface area (Å²) in [7, 11) is 5.74. The highest BCUT2D eigenvalue weighted by molar-refractivity contribution is 5.88. The Morgan fingerprint density at radius 1 is 1.08 bits per heavy atom. The standard InChI is InChI=1S/C20H27N2O2/c1-21(2)20(23)24-19-12-11-16-9-5-6-10-17(16)18(19)15-22(3)13-7-4-8-14-22/h5-6,9-12H,4,7-8,13-15H2,1-3H3/q+1. The third-order valence-electron chi connectivity index (χ3n) is 5.00. The van der Waals surface area contributed by atoms with E-state index >= 15 is 0 Å². The minimum absolute atomic E-state index is 0.326. The fourth-order valence-electron chi connectivity index (χ4n) is 3.58. The maximum Gasteiger partial charge on any atom is 0.414 e. The van der Waals surface area contributed by atoms with Crippen LogP contribution in [-0.4, -0.2) is 49.7 Å². The molecule has 0 aliphatic carbocycles. The molecule has 1 aliphatic heterocycles. The number of hydrogen-bond donors (Lipinski definition) is 0. The fourth-order valence-corrected chi connectivity index (χ4v) is 3.58. The average molecular weight is 327 g/mol. The summed E-state index contributed by atoms with van der Waals surface area (Å²) in [6.07, 6.45) is 3.54. The number of amides is 1. The van der Waals surface area contributed by atoms with Crippen molar-refractivity contribution in [2.24, 2.45) is 0 Å². The molecule has 4 nitrogen and oxygen atoms in total. The molecule has 24 heavy (non-hydrogen) atoms. The zero-order valence-electron chi connectivity index (χ0n) is 14.9. The summed E-state index contributed by atoms with van der Waals surface area (Å²) in [6.45, 7) is 3.27. The molecule has 1 saturated heterocycles. The van der Waals surface area contributed by atoms with Gasteiger partial charge in [-0.05, 0) is 36.1 Å². The van der Waals surface area contributed by atoms with Crippen LogP contribution in [0.3, 0.4) is 0 Å². The minimum atomic E-state index is -0.326.